The molecule has 0 aromatic heterocycles. The molecule has 0 aliphatic heterocycles. The van der Waals surface area contributed by atoms with E-state index in [9.17, 15) is 14.4 Å². The summed E-state index contributed by atoms with van der Waals surface area (Å²) in [6.45, 7) is 0. The third kappa shape index (κ3) is 2.59. The van der Waals surface area contributed by atoms with E-state index in [1.807, 2.05) is 0 Å². The van der Waals surface area contributed by atoms with Gasteiger partial charge in [-0.05, 0) is 12.8 Å². The molecule has 1 saturated carbocycles. The van der Waals surface area contributed by atoms with Gasteiger partial charge in [-0.25, -0.2) is 14.4 Å². The molecule has 1 fully saturated rings. The first-order valence-electron chi connectivity index (χ1n) is 5.06. The minimum Gasteiger partial charge on any atom is -0.211 e. The van der Waals surface area contributed by atoms with E-state index in [1.165, 1.54) is 18.2 Å². The normalized spacial score (nSPS) is 19.5. The molecule has 0 saturated heterocycles. The van der Waals surface area contributed by atoms with Crippen LogP contribution in [-0.2, 0) is 14.4 Å². The first-order valence-corrected chi connectivity index (χ1v) is 5.06. The predicted octanol–water partition coefficient (Wildman–Crippen LogP) is 1.23. The van der Waals surface area contributed by atoms with E-state index in [-0.39, 0.29) is 5.92 Å². The number of carbonyl (C=O) groups excluding carboxylic acids is 3. The fourth-order valence-corrected chi connectivity index (χ4v) is 2.04. The highest BCUT2D eigenvalue weighted by Gasteiger charge is 2.40. The van der Waals surface area contributed by atoms with Gasteiger partial charge in [0, 0.05) is 5.92 Å². The molecule has 0 N–H and O–H groups in total. The van der Waals surface area contributed by atoms with Crippen LogP contribution in [0.2, 0.25) is 0 Å². The van der Waals surface area contributed by atoms with Crippen LogP contribution in [0.15, 0.2) is 15.0 Å². The maximum atomic E-state index is 10.3. The van der Waals surface area contributed by atoms with Gasteiger partial charge in [-0.3, -0.25) is 0 Å². The quantitative estimate of drug-likeness (QED) is 0.528. The van der Waals surface area contributed by atoms with Crippen molar-refractivity contribution in [2.24, 2.45) is 20.9 Å². The highest BCUT2D eigenvalue weighted by Crippen LogP contribution is 2.36. The molecule has 0 bridgehead atoms. The van der Waals surface area contributed by atoms with Crippen molar-refractivity contribution < 1.29 is 14.4 Å². The lowest BCUT2D eigenvalue weighted by Crippen LogP contribution is -2.33. The summed E-state index contributed by atoms with van der Waals surface area (Å²) >= 11 is 0. The van der Waals surface area contributed by atoms with Crippen LogP contribution >= 0.6 is 0 Å². The second kappa shape index (κ2) is 5.89. The zero-order chi connectivity index (χ0) is 11.9. The highest BCUT2D eigenvalue weighted by atomic mass is 16.1. The molecule has 1 aliphatic rings. The van der Waals surface area contributed by atoms with Crippen LogP contribution in [0.25, 0.3) is 0 Å². The molecule has 6 heteroatoms. The summed E-state index contributed by atoms with van der Waals surface area (Å²) in [5, 5.41) is 0. The Hall–Kier alpha value is -1.86. The average molecular weight is 221 g/mol. The third-order valence-corrected chi connectivity index (χ3v) is 2.78. The second-order valence-corrected chi connectivity index (χ2v) is 3.63. The minimum absolute atomic E-state index is 0.231. The van der Waals surface area contributed by atoms with Gasteiger partial charge in [-0.2, -0.15) is 0 Å². The molecule has 0 radical (unpaired) electrons. The van der Waals surface area contributed by atoms with E-state index in [2.05, 4.69) is 15.0 Å². The number of hydrogen-bond donors (Lipinski definition) is 0. The van der Waals surface area contributed by atoms with Crippen molar-refractivity contribution in [2.75, 3.05) is 0 Å². The molecular weight excluding hydrogens is 210 g/mol. The zero-order valence-corrected chi connectivity index (χ0v) is 8.68. The average Bonchev–Trinajstić information content (AvgIpc) is 2.31. The number of rotatable bonds is 4. The van der Waals surface area contributed by atoms with Crippen LogP contribution in [0.5, 0.6) is 0 Å². The Morgan fingerprint density at radius 1 is 0.812 bits per heavy atom. The number of isocyanates is 3. The molecule has 0 amide bonds. The van der Waals surface area contributed by atoms with E-state index in [0.29, 0.717) is 12.8 Å². The lowest BCUT2D eigenvalue weighted by atomic mass is 9.84. The van der Waals surface area contributed by atoms with Crippen LogP contribution < -0.4 is 0 Å². The number of aliphatic imine (C=N–C) groups is 3. The Morgan fingerprint density at radius 3 is 1.62 bits per heavy atom. The molecule has 0 atom stereocenters. The molecule has 6 nitrogen and oxygen atoms in total. The topological polar surface area (TPSA) is 88.3 Å². The monoisotopic (exact) mass is 221 g/mol. The van der Waals surface area contributed by atoms with E-state index in [1.54, 1.807) is 0 Å². The molecule has 0 spiro atoms. The van der Waals surface area contributed by atoms with Gasteiger partial charge in [0.05, 0.1) is 0 Å². The maximum Gasteiger partial charge on any atom is 0.280 e. The third-order valence-electron chi connectivity index (χ3n) is 2.78. The Morgan fingerprint density at radius 2 is 1.25 bits per heavy atom. The molecule has 1 aliphatic carbocycles. The summed E-state index contributed by atoms with van der Waals surface area (Å²) in [5.74, 6) is -1.91. The van der Waals surface area contributed by atoms with Gasteiger partial charge < -0.3 is 0 Å². The predicted molar refractivity (Wildman–Crippen MR) is 53.7 cm³/mol. The SMILES string of the molecule is O=C=NC(N=C=O)(N=C=O)C1CCCCC1. The minimum atomic E-state index is -1.67. The van der Waals surface area contributed by atoms with Gasteiger partial charge >= 0.3 is 0 Å². The fraction of sp³-hybridized carbons (Fsp3) is 0.700. The van der Waals surface area contributed by atoms with Crippen molar-refractivity contribution in [3.05, 3.63) is 0 Å². The second-order valence-electron chi connectivity index (χ2n) is 3.63. The summed E-state index contributed by atoms with van der Waals surface area (Å²) in [4.78, 5) is 41.2. The molecule has 0 heterocycles. The van der Waals surface area contributed by atoms with Crippen molar-refractivity contribution in [3.8, 4) is 0 Å². The van der Waals surface area contributed by atoms with E-state index < -0.39 is 5.79 Å². The first kappa shape index (κ1) is 12.2. The van der Waals surface area contributed by atoms with Crippen molar-refractivity contribution in [3.63, 3.8) is 0 Å². The molecule has 84 valence electrons. The largest absolute Gasteiger partial charge is 0.280 e. The number of hydrogen-bond acceptors (Lipinski definition) is 6. The van der Waals surface area contributed by atoms with Gasteiger partial charge in [-0.1, -0.05) is 19.3 Å². The first-order chi connectivity index (χ1) is 7.79. The van der Waals surface area contributed by atoms with Crippen molar-refractivity contribution in [2.45, 2.75) is 37.9 Å². The highest BCUT2D eigenvalue weighted by molar-refractivity contribution is 5.42. The van der Waals surface area contributed by atoms with Crippen LogP contribution in [0.4, 0.5) is 0 Å². The van der Waals surface area contributed by atoms with Crippen molar-refractivity contribution in [1.29, 1.82) is 0 Å². The van der Waals surface area contributed by atoms with Crippen LogP contribution in [0.1, 0.15) is 32.1 Å². The van der Waals surface area contributed by atoms with Gasteiger partial charge in [0.2, 0.25) is 18.2 Å². The van der Waals surface area contributed by atoms with Crippen molar-refractivity contribution >= 4 is 18.2 Å². The van der Waals surface area contributed by atoms with Gasteiger partial charge in [0.25, 0.3) is 5.79 Å². The lowest BCUT2D eigenvalue weighted by molar-refractivity contribution is 0.222. The summed E-state index contributed by atoms with van der Waals surface area (Å²) in [6, 6.07) is 0. The summed E-state index contributed by atoms with van der Waals surface area (Å²) in [7, 11) is 0. The molecule has 1 rings (SSSR count). The Labute approximate surface area is 92.2 Å². The van der Waals surface area contributed by atoms with E-state index in [4.69, 9.17) is 0 Å². The standard InChI is InChI=1S/C10H11N3O3/c14-6-11-10(12-7-15,13-8-16)9-4-2-1-3-5-9/h9H,1-5H2. The molecule has 16 heavy (non-hydrogen) atoms. The van der Waals surface area contributed by atoms with Crippen molar-refractivity contribution in [1.82, 2.24) is 0 Å². The molecule has 0 unspecified atom stereocenters. The van der Waals surface area contributed by atoms with Crippen LogP contribution in [-0.4, -0.2) is 24.0 Å². The van der Waals surface area contributed by atoms with Crippen LogP contribution in [0, 0.1) is 5.92 Å². The van der Waals surface area contributed by atoms with Crippen LogP contribution in [0.3, 0.4) is 0 Å². The Balaban J connectivity index is 3.12. The number of nitrogens with zero attached hydrogens (tertiary/aromatic N) is 3. The van der Waals surface area contributed by atoms with Gasteiger partial charge in [-0.15, -0.1) is 15.0 Å². The van der Waals surface area contributed by atoms with Gasteiger partial charge in [0.1, 0.15) is 0 Å². The summed E-state index contributed by atoms with van der Waals surface area (Å²) in [5.41, 5.74) is 0. The maximum absolute atomic E-state index is 10.3. The Bertz CT molecular complexity index is 337. The molecular formula is C10H11N3O3. The van der Waals surface area contributed by atoms with E-state index in [0.717, 1.165) is 19.3 Å². The Kier molecular flexibility index (Phi) is 4.49. The molecule has 0 aromatic carbocycles. The zero-order valence-electron chi connectivity index (χ0n) is 8.68. The summed E-state index contributed by atoms with van der Waals surface area (Å²) < 4.78 is 0. The smallest absolute Gasteiger partial charge is 0.211 e. The lowest BCUT2D eigenvalue weighted by Gasteiger charge is -2.29. The fourth-order valence-electron chi connectivity index (χ4n) is 2.04. The van der Waals surface area contributed by atoms with E-state index >= 15 is 0 Å². The van der Waals surface area contributed by atoms with Gasteiger partial charge in [0.15, 0.2) is 0 Å². The molecule has 0 aromatic rings. The summed E-state index contributed by atoms with van der Waals surface area (Å²) in [6.07, 6.45) is 8.28.